The van der Waals surface area contributed by atoms with Crippen molar-refractivity contribution in [2.75, 3.05) is 7.11 Å². The van der Waals surface area contributed by atoms with E-state index in [4.69, 9.17) is 9.84 Å². The lowest BCUT2D eigenvalue weighted by Crippen LogP contribution is -2.27. The summed E-state index contributed by atoms with van der Waals surface area (Å²) in [7, 11) is 1.58. The Kier molecular flexibility index (Phi) is 4.11. The van der Waals surface area contributed by atoms with Gasteiger partial charge in [0.05, 0.1) is 5.60 Å². The first-order valence-electron chi connectivity index (χ1n) is 3.60. The summed E-state index contributed by atoms with van der Waals surface area (Å²) < 4.78 is 5.11. The molecule has 0 aromatic carbocycles. The number of aliphatic carboxylic acids is 1. The van der Waals surface area contributed by atoms with Crippen LogP contribution in [0.15, 0.2) is 0 Å². The van der Waals surface area contributed by atoms with Crippen LogP contribution < -0.4 is 0 Å². The molecule has 65 valence electrons. The van der Waals surface area contributed by atoms with Crippen LogP contribution in [0.4, 0.5) is 0 Å². The first kappa shape index (κ1) is 10.4. The van der Waals surface area contributed by atoms with Crippen molar-refractivity contribution in [1.29, 1.82) is 0 Å². The van der Waals surface area contributed by atoms with Crippen molar-refractivity contribution in [3.63, 3.8) is 0 Å². The van der Waals surface area contributed by atoms with Crippen LogP contribution in [0.25, 0.3) is 0 Å². The summed E-state index contributed by atoms with van der Waals surface area (Å²) in [6.07, 6.45) is 1.25. The van der Waals surface area contributed by atoms with Crippen LogP contribution in [0.1, 0.15) is 26.2 Å². The number of hydrogen-bond acceptors (Lipinski definition) is 2. The number of rotatable bonds is 5. The predicted molar refractivity (Wildman–Crippen MR) is 42.3 cm³/mol. The van der Waals surface area contributed by atoms with Gasteiger partial charge in [-0.1, -0.05) is 6.92 Å². The maximum Gasteiger partial charge on any atom is 0.303 e. The van der Waals surface area contributed by atoms with Crippen molar-refractivity contribution < 1.29 is 14.6 Å². The molecule has 11 heavy (non-hydrogen) atoms. The Bertz CT molecular complexity index is 127. The van der Waals surface area contributed by atoms with Crippen LogP contribution in [0.5, 0.6) is 0 Å². The molecule has 0 aromatic heterocycles. The number of carboxylic acid groups (broad SMARTS) is 1. The number of carboxylic acids is 1. The summed E-state index contributed by atoms with van der Waals surface area (Å²) in [6, 6.07) is 0. The maximum atomic E-state index is 10.2. The van der Waals surface area contributed by atoms with E-state index in [0.29, 0.717) is 12.8 Å². The smallest absolute Gasteiger partial charge is 0.303 e. The van der Waals surface area contributed by atoms with Gasteiger partial charge in [-0.3, -0.25) is 4.79 Å². The second-order valence-electron chi connectivity index (χ2n) is 2.80. The Labute approximate surface area is 67.4 Å². The number of methoxy groups -OCH3 is 1. The molecule has 0 aliphatic carbocycles. The van der Waals surface area contributed by atoms with Gasteiger partial charge in [-0.15, -0.1) is 0 Å². The third kappa shape index (κ3) is 3.98. The quantitative estimate of drug-likeness (QED) is 0.661. The highest BCUT2D eigenvalue weighted by atomic mass is 16.5. The SMILES string of the molecule is [CH2]CC(C)(CCC(=O)O)OC. The van der Waals surface area contributed by atoms with Crippen LogP contribution in [-0.2, 0) is 9.53 Å². The molecular weight excluding hydrogens is 144 g/mol. The zero-order chi connectivity index (χ0) is 8.91. The van der Waals surface area contributed by atoms with Crippen LogP contribution in [0.3, 0.4) is 0 Å². The molecule has 0 aliphatic rings. The Morgan fingerprint density at radius 1 is 1.73 bits per heavy atom. The van der Waals surface area contributed by atoms with E-state index in [0.717, 1.165) is 0 Å². The van der Waals surface area contributed by atoms with E-state index in [1.807, 2.05) is 6.92 Å². The van der Waals surface area contributed by atoms with Crippen molar-refractivity contribution in [3.05, 3.63) is 6.92 Å². The molecule has 0 saturated heterocycles. The van der Waals surface area contributed by atoms with Gasteiger partial charge in [-0.25, -0.2) is 0 Å². The van der Waals surface area contributed by atoms with Crippen molar-refractivity contribution >= 4 is 5.97 Å². The molecule has 0 aromatic rings. The molecule has 1 atom stereocenters. The molecule has 0 saturated carbocycles. The zero-order valence-electron chi connectivity index (χ0n) is 7.09. The number of hydrogen-bond donors (Lipinski definition) is 1. The van der Waals surface area contributed by atoms with E-state index in [9.17, 15) is 4.79 Å². The van der Waals surface area contributed by atoms with Crippen molar-refractivity contribution in [2.24, 2.45) is 0 Å². The van der Waals surface area contributed by atoms with E-state index >= 15 is 0 Å². The topological polar surface area (TPSA) is 46.5 Å². The summed E-state index contributed by atoms with van der Waals surface area (Å²) in [4.78, 5) is 10.2. The van der Waals surface area contributed by atoms with Crippen LogP contribution >= 0.6 is 0 Å². The lowest BCUT2D eigenvalue weighted by molar-refractivity contribution is -0.138. The minimum Gasteiger partial charge on any atom is -0.481 e. The highest BCUT2D eigenvalue weighted by molar-refractivity contribution is 5.66. The minimum absolute atomic E-state index is 0.139. The van der Waals surface area contributed by atoms with E-state index in [2.05, 4.69) is 6.92 Å². The second-order valence-corrected chi connectivity index (χ2v) is 2.80. The monoisotopic (exact) mass is 159 g/mol. The molecule has 0 aliphatic heterocycles. The Morgan fingerprint density at radius 2 is 2.27 bits per heavy atom. The normalized spacial score (nSPS) is 15.9. The van der Waals surface area contributed by atoms with Crippen LogP contribution in [0, 0.1) is 6.92 Å². The molecule has 1 unspecified atom stereocenters. The standard InChI is InChI=1S/C8H15O3/c1-4-8(2,11-3)6-5-7(9)10/h1,4-6H2,2-3H3,(H,9,10). The van der Waals surface area contributed by atoms with E-state index in [1.54, 1.807) is 7.11 Å². The fourth-order valence-corrected chi connectivity index (χ4v) is 0.700. The Morgan fingerprint density at radius 3 is 2.55 bits per heavy atom. The van der Waals surface area contributed by atoms with Gasteiger partial charge < -0.3 is 9.84 Å². The fourth-order valence-electron chi connectivity index (χ4n) is 0.700. The van der Waals surface area contributed by atoms with Crippen LogP contribution in [-0.4, -0.2) is 23.8 Å². The molecule has 3 heteroatoms. The molecule has 0 amide bonds. The maximum absolute atomic E-state index is 10.2. The van der Waals surface area contributed by atoms with E-state index < -0.39 is 5.97 Å². The second kappa shape index (κ2) is 4.34. The summed E-state index contributed by atoms with van der Waals surface area (Å²) in [5, 5.41) is 8.39. The molecule has 0 bridgehead atoms. The number of carbonyl (C=O) groups is 1. The molecule has 0 rings (SSSR count). The first-order valence-corrected chi connectivity index (χ1v) is 3.60. The molecule has 0 fully saturated rings. The Hall–Kier alpha value is -0.570. The highest BCUT2D eigenvalue weighted by Crippen LogP contribution is 2.19. The molecule has 0 heterocycles. The largest absolute Gasteiger partial charge is 0.481 e. The third-order valence-corrected chi connectivity index (χ3v) is 1.89. The average molecular weight is 159 g/mol. The van der Waals surface area contributed by atoms with Gasteiger partial charge in [0.15, 0.2) is 0 Å². The average Bonchev–Trinajstić information content (AvgIpc) is 2.00. The molecule has 1 radical (unpaired) electrons. The summed E-state index contributed by atoms with van der Waals surface area (Å²) in [5.74, 6) is -0.790. The van der Waals surface area contributed by atoms with Crippen molar-refractivity contribution in [3.8, 4) is 0 Å². The van der Waals surface area contributed by atoms with Gasteiger partial charge in [-0.05, 0) is 19.8 Å². The predicted octanol–water partition coefficient (Wildman–Crippen LogP) is 1.48. The highest BCUT2D eigenvalue weighted by Gasteiger charge is 2.21. The summed E-state index contributed by atoms with van der Waals surface area (Å²) >= 11 is 0. The summed E-state index contributed by atoms with van der Waals surface area (Å²) in [5.41, 5.74) is -0.377. The first-order chi connectivity index (χ1) is 5.04. The molecule has 3 nitrogen and oxygen atoms in total. The lowest BCUT2D eigenvalue weighted by atomic mass is 9.97. The van der Waals surface area contributed by atoms with Crippen LogP contribution in [0.2, 0.25) is 0 Å². The van der Waals surface area contributed by atoms with Gasteiger partial charge in [0, 0.05) is 13.5 Å². The molecule has 1 N–H and O–H groups in total. The zero-order valence-corrected chi connectivity index (χ0v) is 7.09. The number of ether oxygens (including phenoxy) is 1. The van der Waals surface area contributed by atoms with Crippen molar-refractivity contribution in [1.82, 2.24) is 0 Å². The van der Waals surface area contributed by atoms with Gasteiger partial charge in [0.1, 0.15) is 0 Å². The lowest BCUT2D eigenvalue weighted by Gasteiger charge is -2.25. The molecular formula is C8H15O3. The third-order valence-electron chi connectivity index (χ3n) is 1.89. The van der Waals surface area contributed by atoms with E-state index in [-0.39, 0.29) is 12.0 Å². The Balaban J connectivity index is 3.78. The van der Waals surface area contributed by atoms with Crippen molar-refractivity contribution in [2.45, 2.75) is 31.8 Å². The molecule has 0 spiro atoms. The van der Waals surface area contributed by atoms with E-state index in [1.165, 1.54) is 0 Å². The van der Waals surface area contributed by atoms with Gasteiger partial charge in [0.25, 0.3) is 0 Å². The summed E-state index contributed by atoms with van der Waals surface area (Å²) in [6.45, 7) is 5.55. The minimum atomic E-state index is -0.790. The van der Waals surface area contributed by atoms with Gasteiger partial charge in [0.2, 0.25) is 0 Å². The van der Waals surface area contributed by atoms with Gasteiger partial charge >= 0.3 is 5.97 Å². The fraction of sp³-hybridized carbons (Fsp3) is 0.750. The van der Waals surface area contributed by atoms with Gasteiger partial charge in [-0.2, -0.15) is 0 Å².